The number of rotatable bonds is 5. The second kappa shape index (κ2) is 15.3. The molecule has 5 N–H and O–H groups in total. The van der Waals surface area contributed by atoms with Crippen LogP contribution in [-0.4, -0.2) is 45.3 Å². The van der Waals surface area contributed by atoms with Crippen LogP contribution in [0.15, 0.2) is 52.5 Å². The molecule has 3 aliphatic rings. The molecule has 2 aromatic rings. The molecule has 0 radical (unpaired) electrons. The highest BCUT2D eigenvalue weighted by Crippen LogP contribution is 2.32. The Kier molecular flexibility index (Phi) is 11.8. The summed E-state index contributed by atoms with van der Waals surface area (Å²) in [5.74, 6) is 6.90. The Hall–Kier alpha value is -4.24. The van der Waals surface area contributed by atoms with Crippen molar-refractivity contribution in [2.75, 3.05) is 12.8 Å². The average molecular weight is 610 g/mol. The minimum atomic E-state index is -1.23. The van der Waals surface area contributed by atoms with Crippen molar-refractivity contribution in [3.05, 3.63) is 69.6 Å². The second-order valence-electron chi connectivity index (χ2n) is 9.43. The number of carbonyl (C=O) groups is 1. The largest absolute Gasteiger partial charge is 0.495 e. The molecule has 1 aliphatic carbocycles. The summed E-state index contributed by atoms with van der Waals surface area (Å²) in [6.07, 6.45) is 7.07. The molecule has 2 aromatic heterocycles. The van der Waals surface area contributed by atoms with Crippen LogP contribution in [0.4, 0.5) is 10.1 Å². The molecule has 4 heterocycles. The first kappa shape index (κ1) is 33.3. The number of hydrogen-bond acceptors (Lipinski definition) is 9. The van der Waals surface area contributed by atoms with Gasteiger partial charge in [0, 0.05) is 41.7 Å². The van der Waals surface area contributed by atoms with Crippen molar-refractivity contribution in [3.63, 3.8) is 0 Å². The lowest BCUT2D eigenvalue weighted by Gasteiger charge is -2.25. The standard InChI is InChI=1S/C27H28FN7O3S.2C2H6/c1-14-8-25(36)35(13-20(14)29)23-10-17(18-9-21(15(2)28)30-12-22(18)38-3)19(11-31-23)26(37)32-27-34-33-24(39-27)7-6-16-4-5-16;2*1-2/h8-13,15-16,21,24,30,33H,4-5,29H2,1-3H3,(H,32,34,37);2*1-2H3. The van der Waals surface area contributed by atoms with Crippen LogP contribution in [-0.2, 0) is 4.74 Å². The van der Waals surface area contributed by atoms with Crippen LogP contribution in [0.5, 0.6) is 0 Å². The Bertz CT molecular complexity index is 1530. The highest BCUT2D eigenvalue weighted by molar-refractivity contribution is 8.14. The van der Waals surface area contributed by atoms with Gasteiger partial charge in [-0.2, -0.15) is 5.10 Å². The molecule has 1 fully saturated rings. The topological polar surface area (TPSA) is 136 Å². The van der Waals surface area contributed by atoms with Crippen LogP contribution in [0.2, 0.25) is 0 Å². The molecule has 0 bridgehead atoms. The van der Waals surface area contributed by atoms with Gasteiger partial charge in [-0.15, -0.1) is 0 Å². The molecule has 2 aliphatic heterocycles. The third kappa shape index (κ3) is 8.20. The minimum absolute atomic E-state index is 0.184. The third-order valence-electron chi connectivity index (χ3n) is 6.43. The number of pyridine rings is 2. The van der Waals surface area contributed by atoms with Crippen LogP contribution < -0.4 is 27.4 Å². The maximum absolute atomic E-state index is 14.3. The van der Waals surface area contributed by atoms with Crippen LogP contribution in [0.3, 0.4) is 0 Å². The van der Waals surface area contributed by atoms with Crippen molar-refractivity contribution in [1.29, 1.82) is 0 Å². The van der Waals surface area contributed by atoms with Gasteiger partial charge < -0.3 is 15.8 Å². The minimum Gasteiger partial charge on any atom is -0.495 e. The van der Waals surface area contributed by atoms with Gasteiger partial charge >= 0.3 is 0 Å². The molecule has 3 atom stereocenters. The predicted octanol–water partition coefficient (Wildman–Crippen LogP) is 4.45. The molecule has 1 saturated carbocycles. The smallest absolute Gasteiger partial charge is 0.259 e. The van der Waals surface area contributed by atoms with Crippen molar-refractivity contribution in [3.8, 4) is 17.7 Å². The zero-order valence-electron chi connectivity index (χ0n) is 25.6. The number of nitrogens with zero attached hydrogens (tertiary/aromatic N) is 3. The number of dihydropyridines is 1. The molecular formula is C31H40FN7O3S. The van der Waals surface area contributed by atoms with Gasteiger partial charge in [-0.3, -0.25) is 24.9 Å². The number of hydrazone groups is 1. The molecule has 3 unspecified atom stereocenters. The van der Waals surface area contributed by atoms with E-state index in [-0.39, 0.29) is 22.3 Å². The van der Waals surface area contributed by atoms with Crippen LogP contribution in [0, 0.1) is 24.7 Å². The average Bonchev–Trinajstić information content (AvgIpc) is 3.76. The van der Waals surface area contributed by atoms with Gasteiger partial charge in [0.2, 0.25) is 0 Å². The summed E-state index contributed by atoms with van der Waals surface area (Å²) in [5.41, 5.74) is 10.7. The number of aryl methyl sites for hydroxylation is 1. The molecule has 0 spiro atoms. The number of alkyl halides is 1. The second-order valence-corrected chi connectivity index (χ2v) is 10.5. The number of halogens is 1. The fraction of sp³-hybridized carbons (Fsp3) is 0.419. The van der Waals surface area contributed by atoms with Gasteiger partial charge in [0.15, 0.2) is 10.5 Å². The molecule has 12 heteroatoms. The van der Waals surface area contributed by atoms with E-state index in [0.29, 0.717) is 39.2 Å². The summed E-state index contributed by atoms with van der Waals surface area (Å²) >= 11 is 1.30. The molecule has 0 saturated heterocycles. The number of aromatic nitrogens is 2. The predicted molar refractivity (Wildman–Crippen MR) is 172 cm³/mol. The molecule has 1 amide bonds. The van der Waals surface area contributed by atoms with Crippen molar-refractivity contribution < 1.29 is 13.9 Å². The number of methoxy groups -OCH3 is 1. The van der Waals surface area contributed by atoms with E-state index >= 15 is 0 Å². The summed E-state index contributed by atoms with van der Waals surface area (Å²) in [5, 5.41) is 10.1. The van der Waals surface area contributed by atoms with E-state index in [0.717, 1.165) is 12.8 Å². The number of nitrogens with one attached hydrogen (secondary N) is 3. The van der Waals surface area contributed by atoms with Gasteiger partial charge in [0.25, 0.3) is 11.5 Å². The van der Waals surface area contributed by atoms with E-state index in [1.165, 1.54) is 48.8 Å². The lowest BCUT2D eigenvalue weighted by molar-refractivity contribution is 0.0977. The van der Waals surface area contributed by atoms with E-state index in [2.05, 4.69) is 38.0 Å². The fourth-order valence-electron chi connectivity index (χ4n) is 4.00. The lowest BCUT2D eigenvalue weighted by Crippen LogP contribution is -2.34. The molecule has 230 valence electrons. The van der Waals surface area contributed by atoms with Gasteiger partial charge in [-0.25, -0.2) is 9.37 Å². The molecular weight excluding hydrogens is 569 g/mol. The van der Waals surface area contributed by atoms with Gasteiger partial charge in [-0.1, -0.05) is 39.5 Å². The number of ether oxygens (including phenoxy) is 1. The zero-order chi connectivity index (χ0) is 31.7. The summed E-state index contributed by atoms with van der Waals surface area (Å²) in [6.45, 7) is 11.2. The zero-order valence-corrected chi connectivity index (χ0v) is 26.4. The lowest BCUT2D eigenvalue weighted by atomic mass is 9.94. The number of nitrogens with two attached hydrogens (primary N) is 1. The number of anilines is 1. The molecule has 5 rings (SSSR count). The number of allylic oxidation sites excluding steroid dienone is 1. The Labute approximate surface area is 256 Å². The van der Waals surface area contributed by atoms with E-state index in [1.807, 2.05) is 27.7 Å². The Morgan fingerprint density at radius 1 is 1.26 bits per heavy atom. The fourth-order valence-corrected chi connectivity index (χ4v) is 4.72. The van der Waals surface area contributed by atoms with Gasteiger partial charge in [0.05, 0.1) is 24.4 Å². The summed E-state index contributed by atoms with van der Waals surface area (Å²) < 4.78 is 21.1. The normalized spacial score (nSPS) is 19.1. The number of amidine groups is 1. The van der Waals surface area contributed by atoms with Crippen molar-refractivity contribution in [2.45, 2.75) is 72.0 Å². The number of amides is 1. The van der Waals surface area contributed by atoms with Crippen LogP contribution in [0.1, 0.15) is 68.9 Å². The van der Waals surface area contributed by atoms with Crippen LogP contribution >= 0.6 is 11.8 Å². The monoisotopic (exact) mass is 609 g/mol. The molecule has 43 heavy (non-hydrogen) atoms. The summed E-state index contributed by atoms with van der Waals surface area (Å²) in [7, 11) is 1.48. The number of nitrogen functional groups attached to an aromatic ring is 1. The highest BCUT2D eigenvalue weighted by atomic mass is 32.2. The first-order chi connectivity index (χ1) is 20.7. The third-order valence-corrected chi connectivity index (χ3v) is 7.31. The first-order valence-electron chi connectivity index (χ1n) is 14.4. The van der Waals surface area contributed by atoms with E-state index in [9.17, 15) is 14.0 Å². The van der Waals surface area contributed by atoms with Crippen molar-refractivity contribution >= 4 is 34.1 Å². The van der Waals surface area contributed by atoms with E-state index < -0.39 is 18.1 Å². The van der Waals surface area contributed by atoms with Crippen molar-refractivity contribution in [2.24, 2.45) is 11.0 Å². The maximum Gasteiger partial charge on any atom is 0.259 e. The van der Waals surface area contributed by atoms with E-state index in [1.54, 1.807) is 25.3 Å². The number of hydrogen-bond donors (Lipinski definition) is 4. The highest BCUT2D eigenvalue weighted by Gasteiger charge is 2.28. The summed E-state index contributed by atoms with van der Waals surface area (Å²) in [6, 6.07) is 2.34. The summed E-state index contributed by atoms with van der Waals surface area (Å²) in [4.78, 5) is 30.7. The van der Waals surface area contributed by atoms with Gasteiger partial charge in [-0.05, 0) is 56.2 Å². The molecule has 10 nitrogen and oxygen atoms in total. The quantitative estimate of drug-likeness (QED) is 0.365. The maximum atomic E-state index is 14.3. The Morgan fingerprint density at radius 3 is 2.63 bits per heavy atom. The Balaban J connectivity index is 0.00000121. The van der Waals surface area contributed by atoms with E-state index in [4.69, 9.17) is 10.5 Å². The molecule has 0 aromatic carbocycles. The van der Waals surface area contributed by atoms with Gasteiger partial charge in [0.1, 0.15) is 17.7 Å². The Morgan fingerprint density at radius 2 is 1.98 bits per heavy atom. The first-order valence-corrected chi connectivity index (χ1v) is 15.3. The van der Waals surface area contributed by atoms with Crippen molar-refractivity contribution in [1.82, 2.24) is 25.6 Å². The SMILES string of the molecule is CC.CC.COC1=CNC(C(C)F)C=C1c1cc(-n2cc(N)c(C)cc2=O)ncc1C(=O)NC1=NNC(C#CC2CC2)S1. The number of thioether (sulfide) groups is 1. The van der Waals surface area contributed by atoms with Crippen LogP contribution in [0.25, 0.3) is 11.4 Å². The number of carbonyl (C=O) groups excluding carboxylic acids is 1.